The Morgan fingerprint density at radius 3 is 3.20 bits per heavy atom. The molecule has 15 heavy (non-hydrogen) atoms. The quantitative estimate of drug-likeness (QED) is 0.801. The third-order valence-electron chi connectivity index (χ3n) is 2.70. The number of hydrogen-bond acceptors (Lipinski definition) is 3. The van der Waals surface area contributed by atoms with Crippen molar-refractivity contribution in [3.63, 3.8) is 0 Å². The summed E-state index contributed by atoms with van der Waals surface area (Å²) in [5.41, 5.74) is 0. The highest BCUT2D eigenvalue weighted by atomic mass is 32.1. The first-order valence-corrected chi connectivity index (χ1v) is 6.21. The number of thiophene rings is 1. The number of carbonyl (C=O) groups excluding carboxylic acids is 1. The summed E-state index contributed by atoms with van der Waals surface area (Å²) in [7, 11) is 0. The van der Waals surface area contributed by atoms with E-state index >= 15 is 0 Å². The van der Waals surface area contributed by atoms with Crippen LogP contribution in [0.15, 0.2) is 17.5 Å². The van der Waals surface area contributed by atoms with Crippen molar-refractivity contribution in [2.24, 2.45) is 0 Å². The van der Waals surface area contributed by atoms with E-state index < -0.39 is 0 Å². The van der Waals surface area contributed by atoms with Crippen molar-refractivity contribution >= 4 is 17.2 Å². The molecular weight excluding hydrogens is 208 g/mol. The lowest BCUT2D eigenvalue weighted by Crippen LogP contribution is -2.46. The van der Waals surface area contributed by atoms with E-state index in [1.165, 1.54) is 11.3 Å². The molecule has 2 atom stereocenters. The third kappa shape index (κ3) is 2.79. The van der Waals surface area contributed by atoms with Crippen LogP contribution in [-0.2, 0) is 0 Å². The molecule has 2 unspecified atom stereocenters. The maximum atomic E-state index is 11.8. The number of nitrogens with one attached hydrogen (secondary N) is 2. The molecule has 2 heterocycles. The molecule has 2 N–H and O–H groups in total. The smallest absolute Gasteiger partial charge is 0.261 e. The molecular formula is C11H16N2OS. The van der Waals surface area contributed by atoms with Gasteiger partial charge in [-0.15, -0.1) is 11.3 Å². The average Bonchev–Trinajstić information content (AvgIpc) is 2.70. The molecule has 1 fully saturated rings. The zero-order chi connectivity index (χ0) is 10.7. The lowest BCUT2D eigenvalue weighted by Gasteiger charge is -2.28. The van der Waals surface area contributed by atoms with Gasteiger partial charge in [0.1, 0.15) is 0 Å². The summed E-state index contributed by atoms with van der Waals surface area (Å²) in [5, 5.41) is 8.38. The fraction of sp³-hybridized carbons (Fsp3) is 0.545. The maximum Gasteiger partial charge on any atom is 0.261 e. The van der Waals surface area contributed by atoms with Gasteiger partial charge in [0, 0.05) is 12.1 Å². The topological polar surface area (TPSA) is 41.1 Å². The molecule has 0 radical (unpaired) electrons. The van der Waals surface area contributed by atoms with Gasteiger partial charge in [0.05, 0.1) is 4.88 Å². The van der Waals surface area contributed by atoms with Gasteiger partial charge in [0.25, 0.3) is 5.91 Å². The summed E-state index contributed by atoms with van der Waals surface area (Å²) in [4.78, 5) is 12.6. The van der Waals surface area contributed by atoms with Gasteiger partial charge >= 0.3 is 0 Å². The Labute approximate surface area is 93.9 Å². The van der Waals surface area contributed by atoms with E-state index in [1.807, 2.05) is 17.5 Å². The number of rotatable bonds is 2. The summed E-state index contributed by atoms with van der Waals surface area (Å²) in [5.74, 6) is 0.0732. The van der Waals surface area contributed by atoms with Gasteiger partial charge in [-0.05, 0) is 37.8 Å². The first-order valence-electron chi connectivity index (χ1n) is 5.33. The minimum Gasteiger partial charge on any atom is -0.349 e. The van der Waals surface area contributed by atoms with E-state index in [2.05, 4.69) is 17.6 Å². The average molecular weight is 224 g/mol. The summed E-state index contributed by atoms with van der Waals surface area (Å²) < 4.78 is 0. The summed E-state index contributed by atoms with van der Waals surface area (Å²) in [6.45, 7) is 3.15. The van der Waals surface area contributed by atoms with Crippen molar-refractivity contribution in [1.82, 2.24) is 10.6 Å². The van der Waals surface area contributed by atoms with Crippen molar-refractivity contribution in [2.75, 3.05) is 6.54 Å². The van der Waals surface area contributed by atoms with Crippen molar-refractivity contribution in [3.8, 4) is 0 Å². The van der Waals surface area contributed by atoms with Gasteiger partial charge in [-0.3, -0.25) is 4.79 Å². The monoisotopic (exact) mass is 224 g/mol. The van der Waals surface area contributed by atoms with Gasteiger partial charge in [-0.2, -0.15) is 0 Å². The van der Waals surface area contributed by atoms with Gasteiger partial charge in [-0.25, -0.2) is 0 Å². The van der Waals surface area contributed by atoms with Crippen LogP contribution in [0.2, 0.25) is 0 Å². The molecule has 0 bridgehead atoms. The Morgan fingerprint density at radius 2 is 2.53 bits per heavy atom. The molecule has 0 aromatic carbocycles. The van der Waals surface area contributed by atoms with Crippen LogP contribution in [0.25, 0.3) is 0 Å². The van der Waals surface area contributed by atoms with Crippen LogP contribution in [0, 0.1) is 0 Å². The molecule has 1 aromatic heterocycles. The largest absolute Gasteiger partial charge is 0.349 e. The highest BCUT2D eigenvalue weighted by Crippen LogP contribution is 2.12. The Kier molecular flexibility index (Phi) is 3.38. The van der Waals surface area contributed by atoms with E-state index in [4.69, 9.17) is 0 Å². The van der Waals surface area contributed by atoms with Gasteiger partial charge in [0.15, 0.2) is 0 Å². The van der Waals surface area contributed by atoms with E-state index in [-0.39, 0.29) is 5.91 Å². The SMILES string of the molecule is CC1CC(NC(=O)c2cccs2)CCN1. The summed E-state index contributed by atoms with van der Waals surface area (Å²) in [6, 6.07) is 4.61. The molecule has 82 valence electrons. The molecule has 0 spiro atoms. The van der Waals surface area contributed by atoms with Crippen LogP contribution in [0.4, 0.5) is 0 Å². The fourth-order valence-corrected chi connectivity index (χ4v) is 2.55. The van der Waals surface area contributed by atoms with E-state index in [9.17, 15) is 4.79 Å². The van der Waals surface area contributed by atoms with Gasteiger partial charge in [-0.1, -0.05) is 6.07 Å². The summed E-state index contributed by atoms with van der Waals surface area (Å²) in [6.07, 6.45) is 2.05. The van der Waals surface area contributed by atoms with Gasteiger partial charge < -0.3 is 10.6 Å². The molecule has 1 amide bonds. The minimum absolute atomic E-state index is 0.0732. The normalized spacial score (nSPS) is 26.2. The molecule has 4 heteroatoms. The number of hydrogen-bond donors (Lipinski definition) is 2. The van der Waals surface area contributed by atoms with Crippen LogP contribution in [0.3, 0.4) is 0 Å². The van der Waals surface area contributed by atoms with Crippen molar-refractivity contribution < 1.29 is 4.79 Å². The Hall–Kier alpha value is -0.870. The lowest BCUT2D eigenvalue weighted by molar-refractivity contribution is 0.0930. The number of piperidine rings is 1. The standard InChI is InChI=1S/C11H16N2OS/c1-8-7-9(4-5-12-8)13-11(14)10-3-2-6-15-10/h2-3,6,8-9,12H,4-5,7H2,1H3,(H,13,14). The predicted molar refractivity (Wildman–Crippen MR) is 62.3 cm³/mol. The van der Waals surface area contributed by atoms with E-state index in [0.717, 1.165) is 24.3 Å². The second-order valence-corrected chi connectivity index (χ2v) is 4.97. The Morgan fingerprint density at radius 1 is 1.67 bits per heavy atom. The minimum atomic E-state index is 0.0732. The maximum absolute atomic E-state index is 11.8. The zero-order valence-electron chi connectivity index (χ0n) is 8.82. The molecule has 1 aliphatic heterocycles. The second kappa shape index (κ2) is 4.77. The van der Waals surface area contributed by atoms with Crippen LogP contribution < -0.4 is 10.6 Å². The number of amides is 1. The summed E-state index contributed by atoms with van der Waals surface area (Å²) >= 11 is 1.49. The first kappa shape index (κ1) is 10.6. The molecule has 0 aliphatic carbocycles. The van der Waals surface area contributed by atoms with Crippen molar-refractivity contribution in [2.45, 2.75) is 31.8 Å². The van der Waals surface area contributed by atoms with Crippen LogP contribution in [0.1, 0.15) is 29.4 Å². The van der Waals surface area contributed by atoms with Crippen LogP contribution in [-0.4, -0.2) is 24.5 Å². The van der Waals surface area contributed by atoms with Crippen LogP contribution in [0.5, 0.6) is 0 Å². The zero-order valence-corrected chi connectivity index (χ0v) is 9.64. The molecule has 3 nitrogen and oxygen atoms in total. The Balaban J connectivity index is 1.89. The predicted octanol–water partition coefficient (Wildman–Crippen LogP) is 1.62. The molecule has 1 saturated heterocycles. The van der Waals surface area contributed by atoms with E-state index in [0.29, 0.717) is 12.1 Å². The molecule has 1 aromatic rings. The molecule has 2 rings (SSSR count). The molecule has 0 saturated carbocycles. The van der Waals surface area contributed by atoms with Gasteiger partial charge in [0.2, 0.25) is 0 Å². The fourth-order valence-electron chi connectivity index (χ4n) is 1.93. The number of carbonyl (C=O) groups is 1. The first-order chi connectivity index (χ1) is 7.25. The molecule has 1 aliphatic rings. The Bertz CT molecular complexity index is 323. The highest BCUT2D eigenvalue weighted by Gasteiger charge is 2.20. The van der Waals surface area contributed by atoms with Crippen molar-refractivity contribution in [3.05, 3.63) is 22.4 Å². The van der Waals surface area contributed by atoms with Crippen molar-refractivity contribution in [1.29, 1.82) is 0 Å². The lowest BCUT2D eigenvalue weighted by atomic mass is 10.0. The highest BCUT2D eigenvalue weighted by molar-refractivity contribution is 7.12. The third-order valence-corrected chi connectivity index (χ3v) is 3.57. The van der Waals surface area contributed by atoms with Crippen LogP contribution >= 0.6 is 11.3 Å². The second-order valence-electron chi connectivity index (χ2n) is 4.03. The van der Waals surface area contributed by atoms with E-state index in [1.54, 1.807) is 0 Å².